The molecule has 1 aromatic carbocycles. The van der Waals surface area contributed by atoms with E-state index in [-0.39, 0.29) is 11.9 Å². The molecule has 0 fully saturated rings. The summed E-state index contributed by atoms with van der Waals surface area (Å²) in [7, 11) is 0. The Bertz CT molecular complexity index is 327. The van der Waals surface area contributed by atoms with Gasteiger partial charge in [-0.3, -0.25) is 0 Å². The number of benzene rings is 1. The van der Waals surface area contributed by atoms with Crippen LogP contribution in [-0.2, 0) is 0 Å². The van der Waals surface area contributed by atoms with Gasteiger partial charge in [-0.15, -0.1) is 11.8 Å². The van der Waals surface area contributed by atoms with Crippen molar-refractivity contribution in [2.75, 3.05) is 0 Å². The van der Waals surface area contributed by atoms with Crippen LogP contribution in [-0.4, -0.2) is 5.25 Å². The predicted molar refractivity (Wildman–Crippen MR) is 53.3 cm³/mol. The lowest BCUT2D eigenvalue weighted by Gasteiger charge is -2.26. The number of hydrogen-bond donors (Lipinski definition) is 1. The highest BCUT2D eigenvalue weighted by Crippen LogP contribution is 2.39. The molecule has 0 amide bonds. The van der Waals surface area contributed by atoms with Crippen molar-refractivity contribution in [2.24, 2.45) is 5.73 Å². The maximum absolute atomic E-state index is 12.9. The molecule has 0 saturated carbocycles. The molecule has 1 heterocycles. The van der Waals surface area contributed by atoms with Crippen molar-refractivity contribution >= 4 is 11.8 Å². The van der Waals surface area contributed by atoms with Crippen LogP contribution < -0.4 is 5.73 Å². The number of thioether (sulfide) groups is 1. The van der Waals surface area contributed by atoms with Gasteiger partial charge in [-0.2, -0.15) is 0 Å². The second kappa shape index (κ2) is 3.31. The minimum Gasteiger partial charge on any atom is -0.324 e. The second-order valence-corrected chi connectivity index (χ2v) is 4.93. The Labute approximate surface area is 81.5 Å². The van der Waals surface area contributed by atoms with Crippen molar-refractivity contribution in [3.05, 3.63) is 29.6 Å². The fraction of sp³-hybridized carbons (Fsp3) is 0.400. The Balaban J connectivity index is 2.43. The number of rotatable bonds is 0. The summed E-state index contributed by atoms with van der Waals surface area (Å²) < 4.78 is 12.9. The highest BCUT2D eigenvalue weighted by atomic mass is 32.2. The molecule has 0 radical (unpaired) electrons. The number of nitrogens with two attached hydrogens (primary N) is 1. The lowest BCUT2D eigenvalue weighted by Crippen LogP contribution is -2.20. The van der Waals surface area contributed by atoms with Crippen molar-refractivity contribution < 1.29 is 4.39 Å². The minimum absolute atomic E-state index is 0.00181. The van der Waals surface area contributed by atoms with Crippen LogP contribution >= 0.6 is 11.8 Å². The van der Waals surface area contributed by atoms with Crippen LogP contribution in [0, 0.1) is 5.82 Å². The van der Waals surface area contributed by atoms with E-state index < -0.39 is 0 Å². The van der Waals surface area contributed by atoms with Crippen LogP contribution in [0.5, 0.6) is 0 Å². The normalized spacial score (nSPS) is 27.0. The quantitative estimate of drug-likeness (QED) is 0.692. The third-order valence-corrected chi connectivity index (χ3v) is 3.51. The van der Waals surface area contributed by atoms with Crippen LogP contribution in [0.4, 0.5) is 4.39 Å². The van der Waals surface area contributed by atoms with Gasteiger partial charge in [-0.25, -0.2) is 4.39 Å². The maximum Gasteiger partial charge on any atom is 0.123 e. The van der Waals surface area contributed by atoms with E-state index in [2.05, 4.69) is 6.92 Å². The van der Waals surface area contributed by atoms with Crippen LogP contribution in [0.2, 0.25) is 0 Å². The van der Waals surface area contributed by atoms with Crippen LogP contribution in [0.15, 0.2) is 23.1 Å². The van der Waals surface area contributed by atoms with Crippen LogP contribution in [0.3, 0.4) is 0 Å². The molecule has 2 N–H and O–H groups in total. The van der Waals surface area contributed by atoms with Gasteiger partial charge in [-0.1, -0.05) is 6.92 Å². The van der Waals surface area contributed by atoms with E-state index in [1.54, 1.807) is 17.8 Å². The lowest BCUT2D eigenvalue weighted by atomic mass is 10.0. The van der Waals surface area contributed by atoms with Gasteiger partial charge < -0.3 is 5.73 Å². The summed E-state index contributed by atoms with van der Waals surface area (Å²) in [5.41, 5.74) is 6.89. The van der Waals surface area contributed by atoms with E-state index in [0.717, 1.165) is 16.9 Å². The molecule has 3 heteroatoms. The average Bonchev–Trinajstić information content (AvgIpc) is 2.06. The van der Waals surface area contributed by atoms with Gasteiger partial charge >= 0.3 is 0 Å². The Hall–Kier alpha value is -0.540. The van der Waals surface area contributed by atoms with Gasteiger partial charge in [0.05, 0.1) is 0 Å². The van der Waals surface area contributed by atoms with Crippen molar-refractivity contribution in [1.29, 1.82) is 0 Å². The van der Waals surface area contributed by atoms with Crippen molar-refractivity contribution in [1.82, 2.24) is 0 Å². The Morgan fingerprint density at radius 1 is 1.54 bits per heavy atom. The lowest BCUT2D eigenvalue weighted by molar-refractivity contribution is 0.594. The molecular formula is C10H12FNS. The molecule has 1 aliphatic rings. The van der Waals surface area contributed by atoms with E-state index in [1.165, 1.54) is 6.07 Å². The molecule has 1 aliphatic heterocycles. The molecule has 1 aromatic rings. The third-order valence-electron chi connectivity index (χ3n) is 2.29. The standard InChI is InChI=1S/C10H12FNS/c1-6-4-9(12)8-5-7(11)2-3-10(8)13-6/h2-3,5-6,9H,4,12H2,1H3. The molecule has 2 atom stereocenters. The fourth-order valence-corrected chi connectivity index (χ4v) is 2.90. The maximum atomic E-state index is 12.9. The van der Waals surface area contributed by atoms with E-state index in [4.69, 9.17) is 5.73 Å². The zero-order chi connectivity index (χ0) is 9.42. The monoisotopic (exact) mass is 197 g/mol. The zero-order valence-electron chi connectivity index (χ0n) is 7.46. The number of hydrogen-bond acceptors (Lipinski definition) is 2. The molecule has 0 aliphatic carbocycles. The summed E-state index contributed by atoms with van der Waals surface area (Å²) >= 11 is 1.78. The van der Waals surface area contributed by atoms with E-state index in [9.17, 15) is 4.39 Å². The summed E-state index contributed by atoms with van der Waals surface area (Å²) in [6, 6.07) is 4.88. The van der Waals surface area contributed by atoms with Gasteiger partial charge in [0.2, 0.25) is 0 Å². The topological polar surface area (TPSA) is 26.0 Å². The van der Waals surface area contributed by atoms with Crippen molar-refractivity contribution in [3.63, 3.8) is 0 Å². The summed E-state index contributed by atoms with van der Waals surface area (Å²) in [6.45, 7) is 2.15. The van der Waals surface area contributed by atoms with Crippen LogP contribution in [0.25, 0.3) is 0 Å². The molecule has 13 heavy (non-hydrogen) atoms. The van der Waals surface area contributed by atoms with Crippen LogP contribution in [0.1, 0.15) is 24.9 Å². The summed E-state index contributed by atoms with van der Waals surface area (Å²) in [5.74, 6) is -0.190. The highest BCUT2D eigenvalue weighted by molar-refractivity contribution is 8.00. The molecule has 0 saturated heterocycles. The first-order valence-corrected chi connectivity index (χ1v) is 5.26. The van der Waals surface area contributed by atoms with Gasteiger partial charge in [-0.05, 0) is 30.2 Å². The summed E-state index contributed by atoms with van der Waals surface area (Å²) in [4.78, 5) is 1.13. The molecule has 70 valence electrons. The van der Waals surface area contributed by atoms with Gasteiger partial charge in [0.25, 0.3) is 0 Å². The Morgan fingerprint density at radius 3 is 3.08 bits per heavy atom. The minimum atomic E-state index is -0.190. The summed E-state index contributed by atoms with van der Waals surface area (Å²) in [6.07, 6.45) is 0.932. The Kier molecular flexibility index (Phi) is 2.30. The molecule has 0 spiro atoms. The smallest absolute Gasteiger partial charge is 0.123 e. The number of halogens is 1. The molecule has 2 unspecified atom stereocenters. The third kappa shape index (κ3) is 1.71. The molecule has 1 nitrogen and oxygen atoms in total. The van der Waals surface area contributed by atoms with Crippen molar-refractivity contribution in [2.45, 2.75) is 29.5 Å². The fourth-order valence-electron chi connectivity index (χ4n) is 1.67. The summed E-state index contributed by atoms with van der Waals surface area (Å²) in [5, 5.41) is 0.535. The van der Waals surface area contributed by atoms with Gasteiger partial charge in [0.15, 0.2) is 0 Å². The first-order chi connectivity index (χ1) is 6.16. The molecule has 0 aromatic heterocycles. The zero-order valence-corrected chi connectivity index (χ0v) is 8.27. The molecule has 0 bridgehead atoms. The predicted octanol–water partition coefficient (Wildman–Crippen LogP) is 2.71. The van der Waals surface area contributed by atoms with E-state index in [0.29, 0.717) is 5.25 Å². The molecular weight excluding hydrogens is 185 g/mol. The van der Waals surface area contributed by atoms with Crippen molar-refractivity contribution in [3.8, 4) is 0 Å². The van der Waals surface area contributed by atoms with Gasteiger partial charge in [0, 0.05) is 16.2 Å². The first-order valence-electron chi connectivity index (χ1n) is 4.38. The Morgan fingerprint density at radius 2 is 2.31 bits per heavy atom. The highest BCUT2D eigenvalue weighted by Gasteiger charge is 2.22. The second-order valence-electron chi connectivity index (χ2n) is 3.45. The SMILES string of the molecule is CC1CC(N)c2cc(F)ccc2S1. The molecule has 2 rings (SSSR count). The number of fused-ring (bicyclic) bond motifs is 1. The van der Waals surface area contributed by atoms with E-state index in [1.807, 2.05) is 6.07 Å². The van der Waals surface area contributed by atoms with Gasteiger partial charge in [0.1, 0.15) is 5.82 Å². The average molecular weight is 197 g/mol. The first kappa shape index (κ1) is 9.03. The van der Waals surface area contributed by atoms with E-state index >= 15 is 0 Å². The largest absolute Gasteiger partial charge is 0.324 e.